The lowest BCUT2D eigenvalue weighted by Gasteiger charge is -2.13. The fraction of sp³-hybridized carbons (Fsp3) is 0.273. The summed E-state index contributed by atoms with van der Waals surface area (Å²) in [6.45, 7) is 4.02. The lowest BCUT2D eigenvalue weighted by atomic mass is 10.1. The first-order chi connectivity index (χ1) is 14.9. The van der Waals surface area contributed by atoms with Gasteiger partial charge in [-0.15, -0.1) is 11.3 Å². The number of carbonyl (C=O) groups is 1. The third-order valence-electron chi connectivity index (χ3n) is 5.02. The quantitative estimate of drug-likeness (QED) is 0.497. The Morgan fingerprint density at radius 2 is 2.03 bits per heavy atom. The third-order valence-corrected chi connectivity index (χ3v) is 6.08. The van der Waals surface area contributed by atoms with Gasteiger partial charge in [0.05, 0.1) is 26.1 Å². The maximum absolute atomic E-state index is 13.0. The minimum atomic E-state index is -0.306. The molecule has 0 spiro atoms. The average molecular weight is 439 g/mol. The molecule has 4 aromatic rings. The predicted molar refractivity (Wildman–Crippen MR) is 120 cm³/mol. The van der Waals surface area contributed by atoms with Crippen LogP contribution in [0.15, 0.2) is 35.4 Å². The molecule has 3 aromatic heterocycles. The topological polar surface area (TPSA) is 95.3 Å². The van der Waals surface area contributed by atoms with Gasteiger partial charge in [0.1, 0.15) is 16.1 Å². The van der Waals surface area contributed by atoms with E-state index in [1.807, 2.05) is 32.0 Å². The van der Waals surface area contributed by atoms with Crippen LogP contribution >= 0.6 is 11.3 Å². The van der Waals surface area contributed by atoms with Crippen molar-refractivity contribution >= 4 is 37.7 Å². The van der Waals surface area contributed by atoms with E-state index in [1.54, 1.807) is 20.3 Å². The third kappa shape index (κ3) is 3.84. The highest BCUT2D eigenvalue weighted by Gasteiger charge is 2.16. The van der Waals surface area contributed by atoms with Crippen molar-refractivity contribution in [3.8, 4) is 11.5 Å². The second-order valence-corrected chi connectivity index (χ2v) is 8.15. The Labute approximate surface area is 182 Å². The zero-order chi connectivity index (χ0) is 22.1. The molecule has 1 N–H and O–H groups in total. The van der Waals surface area contributed by atoms with Gasteiger partial charge < -0.3 is 14.8 Å². The van der Waals surface area contributed by atoms with E-state index in [2.05, 4.69) is 15.3 Å². The number of methoxy groups -OCH3 is 2. The van der Waals surface area contributed by atoms with Gasteiger partial charge in [0.25, 0.3) is 5.56 Å². The number of hydrogen-bond acceptors (Lipinski definition) is 7. The van der Waals surface area contributed by atoms with E-state index in [0.717, 1.165) is 27.0 Å². The van der Waals surface area contributed by atoms with Crippen molar-refractivity contribution < 1.29 is 14.3 Å². The number of rotatable bonds is 6. The molecule has 31 heavy (non-hydrogen) atoms. The monoisotopic (exact) mass is 438 g/mol. The summed E-state index contributed by atoms with van der Waals surface area (Å²) < 4.78 is 12.5. The smallest absolute Gasteiger partial charge is 0.271 e. The normalized spacial score (nSPS) is 11.1. The Kier molecular flexibility index (Phi) is 5.60. The van der Waals surface area contributed by atoms with Gasteiger partial charge in [-0.2, -0.15) is 0 Å². The molecule has 1 amide bonds. The van der Waals surface area contributed by atoms with Crippen molar-refractivity contribution in [2.24, 2.45) is 0 Å². The van der Waals surface area contributed by atoms with Crippen LogP contribution in [0.25, 0.3) is 20.4 Å². The Bertz CT molecular complexity index is 1360. The van der Waals surface area contributed by atoms with Crippen molar-refractivity contribution in [3.05, 3.63) is 57.8 Å². The number of aromatic nitrogens is 3. The molecule has 4 rings (SSSR count). The zero-order valence-corrected chi connectivity index (χ0v) is 18.5. The van der Waals surface area contributed by atoms with Crippen LogP contribution in [0.4, 0.5) is 0 Å². The van der Waals surface area contributed by atoms with Gasteiger partial charge >= 0.3 is 0 Å². The van der Waals surface area contributed by atoms with Crippen molar-refractivity contribution in [3.63, 3.8) is 0 Å². The number of nitrogens with one attached hydrogen (secondary N) is 1. The molecule has 8 nitrogen and oxygen atoms in total. The fourth-order valence-electron chi connectivity index (χ4n) is 3.61. The number of thiophene rings is 1. The molecule has 0 aliphatic heterocycles. The molecule has 0 radical (unpaired) electrons. The molecule has 0 fully saturated rings. The number of aryl methyl sites for hydroxylation is 2. The zero-order valence-electron chi connectivity index (χ0n) is 17.7. The maximum Gasteiger partial charge on any atom is 0.271 e. The van der Waals surface area contributed by atoms with Crippen molar-refractivity contribution in [2.75, 3.05) is 14.2 Å². The molecule has 160 valence electrons. The minimum absolute atomic E-state index is 0.131. The van der Waals surface area contributed by atoms with Crippen LogP contribution in [0.3, 0.4) is 0 Å². The Morgan fingerprint density at radius 1 is 1.23 bits per heavy atom. The van der Waals surface area contributed by atoms with Gasteiger partial charge in [0.2, 0.25) is 5.91 Å². The van der Waals surface area contributed by atoms with Gasteiger partial charge in [-0.05, 0) is 31.5 Å². The SMILES string of the molecule is COc1cccc(CNC(=O)Cn2cnc3c(sc4nc(C)cc(C)c43)c2=O)c1OC. The number of ether oxygens (including phenoxy) is 2. The molecule has 0 atom stereocenters. The first-order valence-electron chi connectivity index (χ1n) is 9.65. The van der Waals surface area contributed by atoms with Crippen LogP contribution in [-0.2, 0) is 17.9 Å². The van der Waals surface area contributed by atoms with Gasteiger partial charge in [-0.1, -0.05) is 12.1 Å². The van der Waals surface area contributed by atoms with Gasteiger partial charge in [0.15, 0.2) is 11.5 Å². The highest BCUT2D eigenvalue weighted by molar-refractivity contribution is 7.25. The summed E-state index contributed by atoms with van der Waals surface area (Å²) >= 11 is 1.31. The van der Waals surface area contributed by atoms with Crippen molar-refractivity contribution in [1.82, 2.24) is 19.9 Å². The highest BCUT2D eigenvalue weighted by Crippen LogP contribution is 2.32. The van der Waals surface area contributed by atoms with E-state index < -0.39 is 0 Å². The highest BCUT2D eigenvalue weighted by atomic mass is 32.1. The van der Waals surface area contributed by atoms with Gasteiger partial charge in [-0.25, -0.2) is 9.97 Å². The van der Waals surface area contributed by atoms with E-state index in [1.165, 1.54) is 22.2 Å². The molecule has 9 heteroatoms. The molecule has 0 saturated heterocycles. The molecular formula is C22H22N4O4S. The van der Waals surface area contributed by atoms with E-state index in [9.17, 15) is 9.59 Å². The Morgan fingerprint density at radius 3 is 2.77 bits per heavy atom. The molecule has 0 aliphatic carbocycles. The summed E-state index contributed by atoms with van der Waals surface area (Å²) in [5.74, 6) is 0.845. The first kappa shape index (κ1) is 20.8. The molecule has 0 bridgehead atoms. The summed E-state index contributed by atoms with van der Waals surface area (Å²) in [5.41, 5.74) is 3.08. The van der Waals surface area contributed by atoms with E-state index >= 15 is 0 Å². The Hall–Kier alpha value is -3.46. The minimum Gasteiger partial charge on any atom is -0.493 e. The van der Waals surface area contributed by atoms with E-state index in [4.69, 9.17) is 9.47 Å². The van der Waals surface area contributed by atoms with Gasteiger partial charge in [0, 0.05) is 23.2 Å². The van der Waals surface area contributed by atoms with Crippen LogP contribution in [0.1, 0.15) is 16.8 Å². The summed E-state index contributed by atoms with van der Waals surface area (Å²) in [7, 11) is 3.11. The summed E-state index contributed by atoms with van der Waals surface area (Å²) in [6, 6.07) is 7.43. The first-order valence-corrected chi connectivity index (χ1v) is 10.5. The fourth-order valence-corrected chi connectivity index (χ4v) is 4.81. The van der Waals surface area contributed by atoms with Crippen LogP contribution in [0.5, 0.6) is 11.5 Å². The lowest BCUT2D eigenvalue weighted by Crippen LogP contribution is -2.32. The molecule has 0 unspecified atom stereocenters. The van der Waals surface area contributed by atoms with Crippen LogP contribution in [-0.4, -0.2) is 34.7 Å². The Balaban J connectivity index is 1.57. The van der Waals surface area contributed by atoms with E-state index in [0.29, 0.717) is 21.7 Å². The number of fused-ring (bicyclic) bond motifs is 3. The average Bonchev–Trinajstić information content (AvgIpc) is 3.13. The standard InChI is InChI=1S/C22H22N4O4S/c1-12-8-13(2)25-21-17(12)18-20(31-21)22(28)26(11-24-18)10-16(27)23-9-14-6-5-7-15(29-3)19(14)30-4/h5-8,11H,9-10H2,1-4H3,(H,23,27). The van der Waals surface area contributed by atoms with Gasteiger partial charge in [-0.3, -0.25) is 14.2 Å². The number of amides is 1. The van der Waals surface area contributed by atoms with Crippen LogP contribution in [0, 0.1) is 13.8 Å². The number of nitrogens with zero attached hydrogens (tertiary/aromatic N) is 3. The second-order valence-electron chi connectivity index (χ2n) is 7.15. The largest absolute Gasteiger partial charge is 0.493 e. The lowest BCUT2D eigenvalue weighted by molar-refractivity contribution is -0.121. The summed E-state index contributed by atoms with van der Waals surface area (Å²) in [4.78, 5) is 35.3. The maximum atomic E-state index is 13.0. The summed E-state index contributed by atoms with van der Waals surface area (Å²) in [6.07, 6.45) is 1.42. The molecule has 0 aliphatic rings. The number of hydrogen-bond donors (Lipinski definition) is 1. The number of carbonyl (C=O) groups excluding carboxylic acids is 1. The van der Waals surface area contributed by atoms with Crippen LogP contribution < -0.4 is 20.3 Å². The van der Waals surface area contributed by atoms with E-state index in [-0.39, 0.29) is 24.6 Å². The molecule has 1 aromatic carbocycles. The predicted octanol–water partition coefficient (Wildman–Crippen LogP) is 2.96. The number of benzene rings is 1. The summed E-state index contributed by atoms with van der Waals surface area (Å²) in [5, 5.41) is 3.71. The molecule has 0 saturated carbocycles. The number of pyridine rings is 1. The number of para-hydroxylation sites is 1. The van der Waals surface area contributed by atoms with Crippen LogP contribution in [0.2, 0.25) is 0 Å². The molecular weight excluding hydrogens is 416 g/mol. The second kappa shape index (κ2) is 8.35. The van der Waals surface area contributed by atoms with Crippen molar-refractivity contribution in [2.45, 2.75) is 26.9 Å². The molecule has 3 heterocycles. The van der Waals surface area contributed by atoms with Crippen molar-refractivity contribution in [1.29, 1.82) is 0 Å².